The monoisotopic (exact) mass is 597 g/mol. The molecule has 4 rings (SSSR count). The fourth-order valence-corrected chi connectivity index (χ4v) is 4.38. The number of benzene rings is 3. The number of hydrogen-bond donors (Lipinski definition) is 2. The Morgan fingerprint density at radius 2 is 1.78 bits per heavy atom. The number of aryl methyl sites for hydroxylation is 1. The standard InChI is InChI=1S/C27H24IN3O5/c1-3-35-23-15-18(13-20-26(33)30-31(27(20)34)19-10-5-4-6-11-19)14-21(28)25(23)36-16-24(32)29-22-12-8-7-9-17(22)2/h4-15H,3,16H2,1-2H3,(H,29,32)(H,30,33)/b20-13-. The summed E-state index contributed by atoms with van der Waals surface area (Å²) in [6, 6.07) is 19.8. The van der Waals surface area contributed by atoms with Crippen LogP contribution in [0.15, 0.2) is 72.3 Å². The minimum Gasteiger partial charge on any atom is -0.490 e. The molecule has 1 aliphatic heterocycles. The number of carbonyl (C=O) groups excluding carboxylic acids is 3. The third kappa shape index (κ3) is 5.68. The van der Waals surface area contributed by atoms with E-state index < -0.39 is 11.8 Å². The summed E-state index contributed by atoms with van der Waals surface area (Å²) in [5.74, 6) is -0.432. The fraction of sp³-hybridized carbons (Fsp3) is 0.148. The molecule has 3 amide bonds. The molecule has 0 aromatic heterocycles. The maximum Gasteiger partial charge on any atom is 0.282 e. The van der Waals surface area contributed by atoms with Gasteiger partial charge in [0.1, 0.15) is 5.57 Å². The molecule has 3 aromatic carbocycles. The molecular formula is C27H24IN3O5. The fourth-order valence-electron chi connectivity index (χ4n) is 3.59. The lowest BCUT2D eigenvalue weighted by Gasteiger charge is -2.15. The molecule has 184 valence electrons. The van der Waals surface area contributed by atoms with E-state index in [1.54, 1.807) is 36.4 Å². The molecular weight excluding hydrogens is 573 g/mol. The van der Waals surface area contributed by atoms with Crippen molar-refractivity contribution >= 4 is 57.8 Å². The number of rotatable bonds is 8. The summed E-state index contributed by atoms with van der Waals surface area (Å²) in [7, 11) is 0. The highest BCUT2D eigenvalue weighted by molar-refractivity contribution is 14.1. The topological polar surface area (TPSA) is 97.0 Å². The second kappa shape index (κ2) is 11.3. The number of nitrogens with one attached hydrogen (secondary N) is 2. The predicted octanol–water partition coefficient (Wildman–Crippen LogP) is 4.48. The van der Waals surface area contributed by atoms with E-state index in [0.29, 0.717) is 32.9 Å². The minimum atomic E-state index is -0.495. The zero-order valence-electron chi connectivity index (χ0n) is 19.7. The van der Waals surface area contributed by atoms with Crippen LogP contribution in [0.1, 0.15) is 18.1 Å². The number of anilines is 2. The van der Waals surface area contributed by atoms with Crippen molar-refractivity contribution in [3.63, 3.8) is 0 Å². The lowest BCUT2D eigenvalue weighted by atomic mass is 10.1. The first-order valence-electron chi connectivity index (χ1n) is 11.2. The first-order valence-corrected chi connectivity index (χ1v) is 12.3. The number of hydrazine groups is 1. The van der Waals surface area contributed by atoms with Gasteiger partial charge in [-0.05, 0) is 84.0 Å². The van der Waals surface area contributed by atoms with Crippen LogP contribution < -0.4 is 25.2 Å². The van der Waals surface area contributed by atoms with Gasteiger partial charge in [-0.2, -0.15) is 0 Å². The molecule has 0 atom stereocenters. The Hall–Kier alpha value is -3.86. The van der Waals surface area contributed by atoms with E-state index in [9.17, 15) is 14.4 Å². The average Bonchev–Trinajstić information content (AvgIpc) is 3.14. The Morgan fingerprint density at radius 3 is 2.50 bits per heavy atom. The quantitative estimate of drug-likeness (QED) is 0.227. The molecule has 1 heterocycles. The van der Waals surface area contributed by atoms with Crippen LogP contribution in [0, 0.1) is 10.5 Å². The van der Waals surface area contributed by atoms with Gasteiger partial charge < -0.3 is 14.8 Å². The molecule has 0 spiro atoms. The van der Waals surface area contributed by atoms with Gasteiger partial charge in [-0.25, -0.2) is 5.01 Å². The van der Waals surface area contributed by atoms with E-state index in [1.807, 2.05) is 44.2 Å². The highest BCUT2D eigenvalue weighted by Crippen LogP contribution is 2.35. The van der Waals surface area contributed by atoms with E-state index in [0.717, 1.165) is 11.3 Å². The van der Waals surface area contributed by atoms with Crippen LogP contribution in [0.4, 0.5) is 11.4 Å². The Bertz CT molecular complexity index is 1340. The van der Waals surface area contributed by atoms with Gasteiger partial charge in [-0.1, -0.05) is 36.4 Å². The predicted molar refractivity (Wildman–Crippen MR) is 146 cm³/mol. The first-order chi connectivity index (χ1) is 17.4. The Labute approximate surface area is 222 Å². The second-order valence-electron chi connectivity index (χ2n) is 7.89. The summed E-state index contributed by atoms with van der Waals surface area (Å²) >= 11 is 2.08. The Morgan fingerprint density at radius 1 is 1.06 bits per heavy atom. The first kappa shape index (κ1) is 25.2. The zero-order chi connectivity index (χ0) is 25.7. The molecule has 0 radical (unpaired) electrons. The second-order valence-corrected chi connectivity index (χ2v) is 9.05. The molecule has 2 N–H and O–H groups in total. The maximum absolute atomic E-state index is 12.9. The molecule has 3 aromatic rings. The van der Waals surface area contributed by atoms with Crippen LogP contribution in [0.3, 0.4) is 0 Å². The molecule has 0 saturated carbocycles. The Kier molecular flexibility index (Phi) is 7.89. The summed E-state index contributed by atoms with van der Waals surface area (Å²) < 4.78 is 12.2. The molecule has 36 heavy (non-hydrogen) atoms. The van der Waals surface area contributed by atoms with Gasteiger partial charge >= 0.3 is 0 Å². The molecule has 8 nitrogen and oxygen atoms in total. The SMILES string of the molecule is CCOc1cc(/C=C2/C(=O)NN(c3ccccc3)C2=O)cc(I)c1OCC(=O)Nc1ccccc1C. The largest absolute Gasteiger partial charge is 0.490 e. The van der Waals surface area contributed by atoms with Crippen LogP contribution in [-0.2, 0) is 14.4 Å². The number of halogens is 1. The molecule has 1 saturated heterocycles. The molecule has 1 aliphatic rings. The highest BCUT2D eigenvalue weighted by atomic mass is 127. The third-order valence-electron chi connectivity index (χ3n) is 5.32. The third-order valence-corrected chi connectivity index (χ3v) is 6.12. The molecule has 0 aliphatic carbocycles. The average molecular weight is 597 g/mol. The van der Waals surface area contributed by atoms with Gasteiger partial charge in [0.25, 0.3) is 17.7 Å². The summed E-state index contributed by atoms with van der Waals surface area (Å²) in [6.07, 6.45) is 1.51. The summed E-state index contributed by atoms with van der Waals surface area (Å²) in [5, 5.41) is 4.05. The van der Waals surface area contributed by atoms with E-state index in [2.05, 4.69) is 33.3 Å². The van der Waals surface area contributed by atoms with Gasteiger partial charge in [0.15, 0.2) is 18.1 Å². The van der Waals surface area contributed by atoms with Gasteiger partial charge in [-0.3, -0.25) is 19.8 Å². The molecule has 0 bridgehead atoms. The number of hydrogen-bond acceptors (Lipinski definition) is 5. The minimum absolute atomic E-state index is 0.00313. The van der Waals surface area contributed by atoms with Crippen molar-refractivity contribution in [1.82, 2.24) is 5.43 Å². The number of para-hydroxylation sites is 2. The number of ether oxygens (including phenoxy) is 2. The molecule has 9 heteroatoms. The number of amides is 3. The zero-order valence-corrected chi connectivity index (χ0v) is 21.9. The van der Waals surface area contributed by atoms with E-state index in [-0.39, 0.29) is 18.1 Å². The van der Waals surface area contributed by atoms with Crippen molar-refractivity contribution in [2.45, 2.75) is 13.8 Å². The van der Waals surface area contributed by atoms with Crippen molar-refractivity contribution in [2.24, 2.45) is 0 Å². The van der Waals surface area contributed by atoms with Gasteiger partial charge in [0.05, 0.1) is 15.9 Å². The van der Waals surface area contributed by atoms with Crippen molar-refractivity contribution in [1.29, 1.82) is 0 Å². The maximum atomic E-state index is 12.9. The normalized spacial score (nSPS) is 14.1. The van der Waals surface area contributed by atoms with Crippen molar-refractivity contribution in [3.05, 3.63) is 87.0 Å². The van der Waals surface area contributed by atoms with E-state index in [1.165, 1.54) is 11.1 Å². The number of carbonyl (C=O) groups is 3. The van der Waals surface area contributed by atoms with Crippen LogP contribution in [-0.4, -0.2) is 30.9 Å². The highest BCUT2D eigenvalue weighted by Gasteiger charge is 2.34. The smallest absolute Gasteiger partial charge is 0.282 e. The van der Waals surface area contributed by atoms with Crippen molar-refractivity contribution in [2.75, 3.05) is 23.5 Å². The van der Waals surface area contributed by atoms with E-state index >= 15 is 0 Å². The van der Waals surface area contributed by atoms with E-state index in [4.69, 9.17) is 9.47 Å². The lowest BCUT2D eigenvalue weighted by Crippen LogP contribution is -2.35. The van der Waals surface area contributed by atoms with Crippen LogP contribution in [0.2, 0.25) is 0 Å². The van der Waals surface area contributed by atoms with Crippen molar-refractivity contribution in [3.8, 4) is 11.5 Å². The molecule has 0 unspecified atom stereocenters. The molecule has 1 fully saturated rings. The van der Waals surface area contributed by atoms with Crippen LogP contribution >= 0.6 is 22.6 Å². The number of nitrogens with zero attached hydrogens (tertiary/aromatic N) is 1. The summed E-state index contributed by atoms with van der Waals surface area (Å²) in [5.41, 5.74) is 5.41. The van der Waals surface area contributed by atoms with Crippen molar-refractivity contribution < 1.29 is 23.9 Å². The summed E-state index contributed by atoms with van der Waals surface area (Å²) in [6.45, 7) is 3.90. The van der Waals surface area contributed by atoms with Crippen LogP contribution in [0.25, 0.3) is 6.08 Å². The van der Waals surface area contributed by atoms with Crippen LogP contribution in [0.5, 0.6) is 11.5 Å². The lowest BCUT2D eigenvalue weighted by molar-refractivity contribution is -0.118. The van der Waals surface area contributed by atoms with Gasteiger partial charge in [-0.15, -0.1) is 0 Å². The summed E-state index contributed by atoms with van der Waals surface area (Å²) in [4.78, 5) is 37.9. The van der Waals surface area contributed by atoms with Gasteiger partial charge in [0, 0.05) is 5.69 Å². The Balaban J connectivity index is 1.53. The van der Waals surface area contributed by atoms with Gasteiger partial charge in [0.2, 0.25) is 0 Å².